The number of nitrogens with zero attached hydrogens (tertiary/aromatic N) is 4. The van der Waals surface area contributed by atoms with Crippen molar-refractivity contribution in [2.24, 2.45) is 5.73 Å². The first-order valence-corrected chi connectivity index (χ1v) is 5.65. The summed E-state index contributed by atoms with van der Waals surface area (Å²) in [6.07, 6.45) is 0. The van der Waals surface area contributed by atoms with Crippen LogP contribution in [0.4, 0.5) is 0 Å². The molecule has 0 aliphatic rings. The number of carbonyl (C=O) groups excluding carboxylic acids is 1. The van der Waals surface area contributed by atoms with Gasteiger partial charge in [-0.1, -0.05) is 46.8 Å². The molecule has 17 heavy (non-hydrogen) atoms. The van der Waals surface area contributed by atoms with Crippen LogP contribution in [0.15, 0.2) is 30.3 Å². The average molecular weight is 245 g/mol. The predicted molar refractivity (Wildman–Crippen MR) is 62.6 cm³/mol. The number of rotatable bonds is 2. The summed E-state index contributed by atoms with van der Waals surface area (Å²) in [5, 5.41) is 11.2. The summed E-state index contributed by atoms with van der Waals surface area (Å²) in [6.45, 7) is 0. The molecule has 3 rings (SSSR count). The minimum absolute atomic E-state index is 0.439. The third-order valence-corrected chi connectivity index (χ3v) is 3.37. The molecule has 0 saturated carbocycles. The Kier molecular flexibility index (Phi) is 2.12. The maximum absolute atomic E-state index is 11.4. The number of carbonyl (C=O) groups is 1. The lowest BCUT2D eigenvalue weighted by atomic mass is 10.1. The summed E-state index contributed by atoms with van der Waals surface area (Å²) < 4.78 is 1.53. The van der Waals surface area contributed by atoms with Gasteiger partial charge in [-0.3, -0.25) is 4.79 Å². The van der Waals surface area contributed by atoms with Crippen molar-refractivity contribution in [1.82, 2.24) is 20.0 Å². The van der Waals surface area contributed by atoms with E-state index in [0.717, 1.165) is 5.56 Å². The highest BCUT2D eigenvalue weighted by Crippen LogP contribution is 2.29. The maximum Gasteiger partial charge on any atom is 0.261 e. The molecular weight excluding hydrogens is 238 g/mol. The van der Waals surface area contributed by atoms with Crippen LogP contribution in [0.3, 0.4) is 0 Å². The largest absolute Gasteiger partial charge is 0.365 e. The third-order valence-electron chi connectivity index (χ3n) is 2.33. The fourth-order valence-electron chi connectivity index (χ4n) is 1.64. The van der Waals surface area contributed by atoms with Crippen molar-refractivity contribution in [2.45, 2.75) is 0 Å². The molecule has 0 aliphatic heterocycles. The van der Waals surface area contributed by atoms with Gasteiger partial charge in [-0.25, -0.2) is 0 Å². The predicted octanol–water partition coefficient (Wildman–Crippen LogP) is 0.952. The van der Waals surface area contributed by atoms with Crippen molar-refractivity contribution in [3.63, 3.8) is 0 Å². The second-order valence-corrected chi connectivity index (χ2v) is 4.36. The number of amides is 1. The first-order valence-electron chi connectivity index (χ1n) is 4.83. The van der Waals surface area contributed by atoms with Crippen LogP contribution in [-0.2, 0) is 0 Å². The zero-order chi connectivity index (χ0) is 11.8. The van der Waals surface area contributed by atoms with Gasteiger partial charge in [0.1, 0.15) is 4.88 Å². The SMILES string of the molecule is NC(=O)c1sc2nnnn2c1-c1ccccc1. The quantitative estimate of drug-likeness (QED) is 0.728. The second-order valence-electron chi connectivity index (χ2n) is 3.38. The van der Waals surface area contributed by atoms with E-state index in [2.05, 4.69) is 15.5 Å². The Balaban J connectivity index is 2.36. The molecule has 1 aromatic carbocycles. The summed E-state index contributed by atoms with van der Waals surface area (Å²) in [7, 11) is 0. The molecule has 0 bridgehead atoms. The van der Waals surface area contributed by atoms with Crippen molar-refractivity contribution < 1.29 is 4.79 Å². The number of fused-ring (bicyclic) bond motifs is 1. The molecule has 2 heterocycles. The van der Waals surface area contributed by atoms with Crippen LogP contribution in [0.25, 0.3) is 16.2 Å². The van der Waals surface area contributed by atoms with Gasteiger partial charge in [-0.05, 0) is 10.4 Å². The number of nitrogens with two attached hydrogens (primary N) is 1. The van der Waals surface area contributed by atoms with E-state index < -0.39 is 5.91 Å². The van der Waals surface area contributed by atoms with Crippen molar-refractivity contribution in [3.8, 4) is 11.3 Å². The van der Waals surface area contributed by atoms with Crippen LogP contribution in [0.2, 0.25) is 0 Å². The van der Waals surface area contributed by atoms with Crippen molar-refractivity contribution >= 4 is 22.2 Å². The topological polar surface area (TPSA) is 86.2 Å². The van der Waals surface area contributed by atoms with Gasteiger partial charge >= 0.3 is 0 Å². The standard InChI is InChI=1S/C10H7N5OS/c11-9(16)8-7(6-4-2-1-3-5-6)15-10(17-8)12-13-14-15/h1-5H,(H2,11,16). The van der Waals surface area contributed by atoms with Gasteiger partial charge in [0.15, 0.2) is 0 Å². The lowest BCUT2D eigenvalue weighted by Crippen LogP contribution is -2.11. The van der Waals surface area contributed by atoms with Gasteiger partial charge < -0.3 is 5.73 Å². The Morgan fingerprint density at radius 3 is 2.76 bits per heavy atom. The van der Waals surface area contributed by atoms with Crippen LogP contribution in [0.5, 0.6) is 0 Å². The van der Waals surface area contributed by atoms with Crippen LogP contribution >= 0.6 is 11.3 Å². The van der Waals surface area contributed by atoms with Crippen molar-refractivity contribution in [1.29, 1.82) is 0 Å². The van der Waals surface area contributed by atoms with Crippen LogP contribution in [-0.4, -0.2) is 25.9 Å². The average Bonchev–Trinajstić information content (AvgIpc) is 2.89. The number of thiazole rings is 1. The van der Waals surface area contributed by atoms with Gasteiger partial charge in [0.2, 0.25) is 4.96 Å². The van der Waals surface area contributed by atoms with Gasteiger partial charge in [-0.2, -0.15) is 4.52 Å². The lowest BCUT2D eigenvalue weighted by Gasteiger charge is -2.00. The van der Waals surface area contributed by atoms with E-state index in [0.29, 0.717) is 15.5 Å². The molecule has 0 atom stereocenters. The Labute approximate surface area is 99.7 Å². The van der Waals surface area contributed by atoms with E-state index in [-0.39, 0.29) is 0 Å². The molecule has 0 saturated heterocycles. The maximum atomic E-state index is 11.4. The highest BCUT2D eigenvalue weighted by Gasteiger charge is 2.19. The molecule has 6 nitrogen and oxygen atoms in total. The number of benzene rings is 1. The third kappa shape index (κ3) is 1.48. The Hall–Kier alpha value is -2.28. The molecule has 7 heteroatoms. The Bertz CT molecular complexity index is 687. The van der Waals surface area contributed by atoms with Crippen LogP contribution in [0, 0.1) is 0 Å². The van der Waals surface area contributed by atoms with Crippen molar-refractivity contribution in [2.75, 3.05) is 0 Å². The molecule has 2 N–H and O–H groups in total. The summed E-state index contributed by atoms with van der Waals surface area (Å²) in [6, 6.07) is 9.43. The van der Waals surface area contributed by atoms with E-state index in [1.165, 1.54) is 15.9 Å². The number of hydrogen-bond donors (Lipinski definition) is 1. The molecule has 0 fully saturated rings. The van der Waals surface area contributed by atoms with Gasteiger partial charge in [0.05, 0.1) is 5.69 Å². The van der Waals surface area contributed by atoms with Crippen LogP contribution < -0.4 is 5.73 Å². The zero-order valence-electron chi connectivity index (χ0n) is 8.57. The minimum Gasteiger partial charge on any atom is -0.365 e. The zero-order valence-corrected chi connectivity index (χ0v) is 9.39. The molecule has 0 radical (unpaired) electrons. The fraction of sp³-hybridized carbons (Fsp3) is 0. The minimum atomic E-state index is -0.485. The fourth-order valence-corrected chi connectivity index (χ4v) is 2.51. The summed E-state index contributed by atoms with van der Waals surface area (Å²) in [5.41, 5.74) is 6.86. The Morgan fingerprint density at radius 1 is 1.29 bits per heavy atom. The first-order chi connectivity index (χ1) is 8.27. The number of tetrazole rings is 1. The molecule has 1 amide bonds. The highest BCUT2D eigenvalue weighted by molar-refractivity contribution is 7.19. The van der Waals surface area contributed by atoms with E-state index in [1.54, 1.807) is 0 Å². The van der Waals surface area contributed by atoms with E-state index in [4.69, 9.17) is 5.73 Å². The molecule has 2 aromatic heterocycles. The van der Waals surface area contributed by atoms with Crippen molar-refractivity contribution in [3.05, 3.63) is 35.2 Å². The summed E-state index contributed by atoms with van der Waals surface area (Å²) in [4.78, 5) is 12.4. The lowest BCUT2D eigenvalue weighted by molar-refractivity contribution is 0.100. The van der Waals surface area contributed by atoms with E-state index >= 15 is 0 Å². The molecule has 0 spiro atoms. The number of aromatic nitrogens is 4. The molecule has 3 aromatic rings. The van der Waals surface area contributed by atoms with E-state index in [1.807, 2.05) is 30.3 Å². The van der Waals surface area contributed by atoms with E-state index in [9.17, 15) is 4.79 Å². The second kappa shape index (κ2) is 3.63. The molecule has 84 valence electrons. The number of hydrogen-bond acceptors (Lipinski definition) is 5. The smallest absolute Gasteiger partial charge is 0.261 e. The molecular formula is C10H7N5OS. The summed E-state index contributed by atoms with van der Waals surface area (Å²) in [5.74, 6) is -0.485. The normalized spacial score (nSPS) is 10.8. The van der Waals surface area contributed by atoms with Gasteiger partial charge in [0, 0.05) is 5.56 Å². The van der Waals surface area contributed by atoms with Crippen LogP contribution in [0.1, 0.15) is 9.67 Å². The van der Waals surface area contributed by atoms with Gasteiger partial charge in [0.25, 0.3) is 5.91 Å². The monoisotopic (exact) mass is 245 g/mol. The van der Waals surface area contributed by atoms with Gasteiger partial charge in [-0.15, -0.1) is 0 Å². The molecule has 0 aliphatic carbocycles. The number of primary amides is 1. The first kappa shape index (κ1) is 9.91. The molecule has 0 unspecified atom stereocenters. The summed E-state index contributed by atoms with van der Waals surface area (Å²) >= 11 is 1.19. The highest BCUT2D eigenvalue weighted by atomic mass is 32.1. The Morgan fingerprint density at radius 2 is 2.06 bits per heavy atom.